The predicted octanol–water partition coefficient (Wildman–Crippen LogP) is 6.60. The number of benzene rings is 3. The molecule has 160 valence electrons. The van der Waals surface area contributed by atoms with Crippen molar-refractivity contribution in [2.24, 2.45) is 0 Å². The second kappa shape index (κ2) is 9.51. The van der Waals surface area contributed by atoms with E-state index in [1.807, 2.05) is 60.7 Å². The molecule has 0 bridgehead atoms. The van der Waals surface area contributed by atoms with Crippen molar-refractivity contribution in [3.05, 3.63) is 105 Å². The molecule has 0 saturated heterocycles. The highest BCUT2D eigenvalue weighted by molar-refractivity contribution is 6.42. The molecule has 4 aromatic rings. The van der Waals surface area contributed by atoms with Crippen LogP contribution in [0.25, 0.3) is 0 Å². The lowest BCUT2D eigenvalue weighted by atomic mass is 10.2. The van der Waals surface area contributed by atoms with E-state index in [1.54, 1.807) is 23.2 Å². The summed E-state index contributed by atoms with van der Waals surface area (Å²) in [7, 11) is 0. The van der Waals surface area contributed by atoms with E-state index in [1.165, 1.54) is 6.33 Å². The van der Waals surface area contributed by atoms with Crippen LogP contribution in [0.1, 0.15) is 0 Å². The molecular weight excluding hydrogens is 451 g/mol. The fourth-order valence-electron chi connectivity index (χ4n) is 2.97. The Morgan fingerprint density at radius 1 is 0.812 bits per heavy atom. The Hall–Kier alpha value is -3.88. The van der Waals surface area contributed by atoms with Gasteiger partial charge in [0.2, 0.25) is 11.6 Å². The summed E-state index contributed by atoms with van der Waals surface area (Å²) in [4.78, 5) is 19.6. The number of nitro groups is 1. The molecule has 3 aromatic carbocycles. The number of aromatic nitrogens is 2. The number of hydrogen-bond donors (Lipinski definition) is 2. The molecule has 2 N–H and O–H groups in total. The van der Waals surface area contributed by atoms with Gasteiger partial charge < -0.3 is 5.32 Å². The molecule has 0 saturated carbocycles. The zero-order valence-electron chi connectivity index (χ0n) is 16.4. The summed E-state index contributed by atoms with van der Waals surface area (Å²) in [6.07, 6.45) is 1.24. The van der Waals surface area contributed by atoms with Gasteiger partial charge in [-0.15, -0.1) is 0 Å². The molecule has 0 aliphatic rings. The molecule has 0 atom stereocenters. The summed E-state index contributed by atoms with van der Waals surface area (Å²) >= 11 is 12.0. The number of hydrogen-bond acceptors (Lipinski definition) is 7. The molecule has 0 aliphatic carbocycles. The minimum atomic E-state index is -0.545. The second-order valence-electron chi connectivity index (χ2n) is 6.55. The van der Waals surface area contributed by atoms with Crippen molar-refractivity contribution >= 4 is 57.6 Å². The summed E-state index contributed by atoms with van der Waals surface area (Å²) in [5.41, 5.74) is 4.77. The maximum Gasteiger partial charge on any atom is 0.355 e. The van der Waals surface area contributed by atoms with Crippen molar-refractivity contribution in [1.29, 1.82) is 0 Å². The van der Waals surface area contributed by atoms with Crippen molar-refractivity contribution in [1.82, 2.24) is 9.97 Å². The lowest BCUT2D eigenvalue weighted by molar-refractivity contribution is -0.383. The van der Waals surface area contributed by atoms with E-state index in [4.69, 9.17) is 23.2 Å². The van der Waals surface area contributed by atoms with Crippen LogP contribution in [0.4, 0.5) is 34.4 Å². The van der Waals surface area contributed by atoms with Crippen LogP contribution in [0.3, 0.4) is 0 Å². The summed E-state index contributed by atoms with van der Waals surface area (Å²) in [6.45, 7) is 0. The van der Waals surface area contributed by atoms with Gasteiger partial charge in [0, 0.05) is 5.69 Å². The average molecular weight is 467 g/mol. The van der Waals surface area contributed by atoms with Crippen molar-refractivity contribution in [3.63, 3.8) is 0 Å². The third-order valence-corrected chi connectivity index (χ3v) is 5.17. The van der Waals surface area contributed by atoms with Gasteiger partial charge in [-0.1, -0.05) is 59.6 Å². The van der Waals surface area contributed by atoms with E-state index < -0.39 is 4.92 Å². The Kier molecular flexibility index (Phi) is 6.34. The normalized spacial score (nSPS) is 10.4. The number of hydrazine groups is 1. The van der Waals surface area contributed by atoms with Crippen molar-refractivity contribution in [3.8, 4) is 0 Å². The van der Waals surface area contributed by atoms with Crippen molar-refractivity contribution < 1.29 is 4.92 Å². The Morgan fingerprint density at radius 3 is 1.97 bits per heavy atom. The Labute approximate surface area is 193 Å². The number of nitrogens with zero attached hydrogens (tertiary/aromatic N) is 4. The highest BCUT2D eigenvalue weighted by atomic mass is 35.5. The first-order chi connectivity index (χ1) is 15.5. The molecule has 4 rings (SSSR count). The molecule has 1 heterocycles. The SMILES string of the molecule is O=[N+]([O-])c1c(Nc2ccc(Cl)c(Cl)c2)ncnc1NN(c1ccccc1)c1ccccc1. The molecular formula is C22H16Cl2N6O2. The van der Waals surface area contributed by atoms with Gasteiger partial charge in [-0.25, -0.2) is 9.97 Å². The zero-order valence-corrected chi connectivity index (χ0v) is 18.0. The third-order valence-electron chi connectivity index (χ3n) is 4.43. The van der Waals surface area contributed by atoms with Crippen LogP contribution in [0.5, 0.6) is 0 Å². The van der Waals surface area contributed by atoms with Crippen LogP contribution < -0.4 is 15.8 Å². The van der Waals surface area contributed by atoms with Crippen LogP contribution in [0.15, 0.2) is 85.2 Å². The van der Waals surface area contributed by atoms with Crippen molar-refractivity contribution in [2.75, 3.05) is 15.8 Å². The van der Waals surface area contributed by atoms with Crippen LogP contribution in [0.2, 0.25) is 10.0 Å². The zero-order chi connectivity index (χ0) is 22.5. The maximum absolute atomic E-state index is 12.0. The first-order valence-electron chi connectivity index (χ1n) is 9.41. The molecule has 0 spiro atoms. The molecule has 0 amide bonds. The van der Waals surface area contributed by atoms with E-state index in [9.17, 15) is 10.1 Å². The third kappa shape index (κ3) is 4.72. The Bertz CT molecular complexity index is 1200. The molecule has 8 nitrogen and oxygen atoms in total. The lowest BCUT2D eigenvalue weighted by Gasteiger charge is -2.26. The Balaban J connectivity index is 1.74. The maximum atomic E-state index is 12.0. The standard InChI is InChI=1S/C22H16Cl2N6O2/c23-18-12-11-15(13-19(18)24)27-21-20(30(31)32)22(26-14-25-21)28-29(16-7-3-1-4-8-16)17-9-5-2-6-10-17/h1-14H,(H2,25,26,27,28). The highest BCUT2D eigenvalue weighted by Crippen LogP contribution is 2.35. The minimum absolute atomic E-state index is 0.00645. The fourth-order valence-corrected chi connectivity index (χ4v) is 3.27. The largest absolute Gasteiger partial charge is 0.355 e. The van der Waals surface area contributed by atoms with E-state index in [0.29, 0.717) is 15.7 Å². The van der Waals surface area contributed by atoms with Gasteiger partial charge in [0.25, 0.3) is 0 Å². The summed E-state index contributed by atoms with van der Waals surface area (Å²) in [5.74, 6) is 0.0206. The molecule has 10 heteroatoms. The van der Waals surface area contributed by atoms with Crippen molar-refractivity contribution in [2.45, 2.75) is 0 Å². The van der Waals surface area contributed by atoms with E-state index in [2.05, 4.69) is 20.7 Å². The molecule has 1 aromatic heterocycles. The molecule has 0 unspecified atom stereocenters. The second-order valence-corrected chi connectivity index (χ2v) is 7.36. The topological polar surface area (TPSA) is 96.2 Å². The van der Waals surface area contributed by atoms with Gasteiger partial charge in [-0.2, -0.15) is 0 Å². The number of rotatable bonds is 7. The number of nitrogens with one attached hydrogen (secondary N) is 2. The number of para-hydroxylation sites is 2. The smallest absolute Gasteiger partial charge is 0.334 e. The van der Waals surface area contributed by atoms with Gasteiger partial charge in [-0.05, 0) is 42.5 Å². The minimum Gasteiger partial charge on any atom is -0.334 e. The molecule has 0 fully saturated rings. The van der Waals surface area contributed by atoms with E-state index >= 15 is 0 Å². The van der Waals surface area contributed by atoms with Crippen LogP contribution in [-0.2, 0) is 0 Å². The summed E-state index contributed by atoms with van der Waals surface area (Å²) in [6, 6.07) is 23.6. The summed E-state index contributed by atoms with van der Waals surface area (Å²) in [5, 5.41) is 17.3. The summed E-state index contributed by atoms with van der Waals surface area (Å²) < 4.78 is 0. The number of halogens is 2. The first kappa shape index (κ1) is 21.4. The number of anilines is 5. The highest BCUT2D eigenvalue weighted by Gasteiger charge is 2.25. The lowest BCUT2D eigenvalue weighted by Crippen LogP contribution is -2.26. The van der Waals surface area contributed by atoms with Gasteiger partial charge >= 0.3 is 5.69 Å². The quantitative estimate of drug-likeness (QED) is 0.234. The molecule has 32 heavy (non-hydrogen) atoms. The molecule has 0 radical (unpaired) electrons. The van der Waals surface area contributed by atoms with Crippen LogP contribution in [-0.4, -0.2) is 14.9 Å². The fraction of sp³-hybridized carbons (Fsp3) is 0. The molecule has 0 aliphatic heterocycles. The predicted molar refractivity (Wildman–Crippen MR) is 127 cm³/mol. The Morgan fingerprint density at radius 2 is 1.41 bits per heavy atom. The van der Waals surface area contributed by atoms with Crippen LogP contribution in [0, 0.1) is 10.1 Å². The van der Waals surface area contributed by atoms with Crippen LogP contribution >= 0.6 is 23.2 Å². The van der Waals surface area contributed by atoms with Gasteiger partial charge in [0.05, 0.1) is 26.3 Å². The van der Waals surface area contributed by atoms with E-state index in [0.717, 1.165) is 11.4 Å². The van der Waals surface area contributed by atoms with Gasteiger partial charge in [0.1, 0.15) is 6.33 Å². The van der Waals surface area contributed by atoms with Gasteiger partial charge in [-0.3, -0.25) is 20.5 Å². The van der Waals surface area contributed by atoms with Gasteiger partial charge in [0.15, 0.2) is 0 Å². The monoisotopic (exact) mass is 466 g/mol. The van der Waals surface area contributed by atoms with E-state index in [-0.39, 0.29) is 17.3 Å². The average Bonchev–Trinajstić information content (AvgIpc) is 2.81. The first-order valence-corrected chi connectivity index (χ1v) is 10.2.